The van der Waals surface area contributed by atoms with Crippen molar-refractivity contribution in [1.29, 1.82) is 0 Å². The molecule has 0 spiro atoms. The van der Waals surface area contributed by atoms with Crippen LogP contribution in [0, 0.1) is 39.9 Å². The summed E-state index contributed by atoms with van der Waals surface area (Å²) in [4.78, 5) is 49.8. The van der Waals surface area contributed by atoms with Crippen molar-refractivity contribution >= 4 is 39.7 Å². The predicted molar refractivity (Wildman–Crippen MR) is 186 cm³/mol. The van der Waals surface area contributed by atoms with E-state index in [0.29, 0.717) is 37.7 Å². The first-order valence-electron chi connectivity index (χ1n) is 17.6. The van der Waals surface area contributed by atoms with Gasteiger partial charge in [0.2, 0.25) is 5.91 Å². The maximum absolute atomic E-state index is 13.1. The number of ether oxygens (including phenoxy) is 2. The predicted octanol–water partition coefficient (Wildman–Crippen LogP) is 5.79. The first kappa shape index (κ1) is 38.6. The average molecular weight is 738 g/mol. The normalized spacial score (nSPS) is 38.8. The van der Waals surface area contributed by atoms with Crippen LogP contribution in [0.25, 0.3) is 0 Å². The van der Waals surface area contributed by atoms with Crippen molar-refractivity contribution in [3.05, 3.63) is 21.2 Å². The number of primary amides is 1. The van der Waals surface area contributed by atoms with Crippen LogP contribution in [0.5, 0.6) is 0 Å². The Morgan fingerprint density at radius 2 is 1.69 bits per heavy atom. The minimum absolute atomic E-state index is 0.0589. The van der Waals surface area contributed by atoms with Gasteiger partial charge in [0.05, 0.1) is 6.10 Å². The summed E-state index contributed by atoms with van der Waals surface area (Å²) in [6.45, 7) is 14.3. The van der Waals surface area contributed by atoms with Gasteiger partial charge in [-0.2, -0.15) is 0 Å². The number of aliphatic hydroxyl groups excluding tert-OH is 1. The van der Waals surface area contributed by atoms with Gasteiger partial charge in [-0.1, -0.05) is 49.2 Å². The topological polar surface area (TPSA) is 165 Å². The van der Waals surface area contributed by atoms with Crippen LogP contribution in [0.15, 0.2) is 21.2 Å². The zero-order valence-corrected chi connectivity index (χ0v) is 31.6. The van der Waals surface area contributed by atoms with Gasteiger partial charge in [-0.05, 0) is 129 Å². The third-order valence-corrected chi connectivity index (χ3v) is 14.5. The third-order valence-electron chi connectivity index (χ3n) is 13.3. The molecular weight excluding hydrogens is 680 g/mol. The van der Waals surface area contributed by atoms with Crippen LogP contribution in [0.1, 0.15) is 113 Å². The highest BCUT2D eigenvalue weighted by Gasteiger charge is 2.71. The van der Waals surface area contributed by atoms with Gasteiger partial charge in [0.1, 0.15) is 18.2 Å². The van der Waals surface area contributed by atoms with E-state index in [-0.39, 0.29) is 65.0 Å². The van der Waals surface area contributed by atoms with Gasteiger partial charge >= 0.3 is 17.9 Å². The second-order valence-corrected chi connectivity index (χ2v) is 16.9. The molecule has 10 nitrogen and oxygen atoms in total. The number of amides is 1. The lowest BCUT2D eigenvalue weighted by molar-refractivity contribution is -0.236. The van der Waals surface area contributed by atoms with Crippen molar-refractivity contribution in [2.45, 2.75) is 137 Å². The first-order valence-corrected chi connectivity index (χ1v) is 18.4. The molecule has 1 amide bonds. The molecule has 270 valence electrons. The molecule has 0 saturated heterocycles. The number of nitrogens with two attached hydrogens (primary N) is 1. The molecule has 4 saturated carbocycles. The largest absolute Gasteiger partial charge is 0.478 e. The van der Waals surface area contributed by atoms with Gasteiger partial charge in [-0.15, -0.1) is 0 Å². The summed E-state index contributed by atoms with van der Waals surface area (Å²) in [6.07, 6.45) is 3.62. The molecule has 0 aliphatic heterocycles. The number of carboxylic acids is 1. The summed E-state index contributed by atoms with van der Waals surface area (Å²) < 4.78 is 13.0. The van der Waals surface area contributed by atoms with Crippen molar-refractivity contribution in [1.82, 2.24) is 5.32 Å². The Morgan fingerprint density at radius 1 is 1.02 bits per heavy atom. The van der Waals surface area contributed by atoms with Gasteiger partial charge < -0.3 is 30.7 Å². The van der Waals surface area contributed by atoms with E-state index in [9.17, 15) is 29.4 Å². The van der Waals surface area contributed by atoms with E-state index in [1.165, 1.54) is 6.92 Å². The summed E-state index contributed by atoms with van der Waals surface area (Å²) in [5.41, 5.74) is 6.32. The Morgan fingerprint density at radius 3 is 2.25 bits per heavy atom. The Labute approximate surface area is 294 Å². The number of hydrogen-bond acceptors (Lipinski definition) is 8. The molecular formula is C37H57BrN2O8. The number of carbonyl (C=O) groups excluding carboxylic acids is 3. The first-order chi connectivity index (χ1) is 22.3. The minimum Gasteiger partial charge on any atom is -0.478 e. The minimum atomic E-state index is -1.00. The van der Waals surface area contributed by atoms with Crippen molar-refractivity contribution in [3.8, 4) is 0 Å². The van der Waals surface area contributed by atoms with Gasteiger partial charge in [0, 0.05) is 18.9 Å². The molecule has 4 aliphatic rings. The average Bonchev–Trinajstić information content (AvgIpc) is 3.25. The van der Waals surface area contributed by atoms with Crippen LogP contribution in [-0.2, 0) is 28.7 Å². The standard InChI is InChI=1S/C37H57BrN2O8/c1-19(2)25(38)10-9-22(33(44)45)31-24-17-27(42)32-35(5)15-14-28(48-34(46)26(40-8)11-12-30(39)43)20(3)23(35)13-16-36(32,6)37(24,7)18-29(31)47-21(4)41/h20,23-24,26-29,32,40,42H,9-18H2,1-8H3,(H2,39,43)(H,44,45)/t20-,23?,24+,26+,27+,28+,29-,32+,35-,36-,37-/m0/s1. The van der Waals surface area contributed by atoms with Crippen LogP contribution in [0.2, 0.25) is 0 Å². The number of carboxylic acid groups (broad SMARTS) is 1. The van der Waals surface area contributed by atoms with Crippen LogP contribution in [0.3, 0.4) is 0 Å². The quantitative estimate of drug-likeness (QED) is 0.152. The van der Waals surface area contributed by atoms with Crippen LogP contribution >= 0.6 is 15.9 Å². The molecule has 11 heteroatoms. The fraction of sp³-hybridized carbons (Fsp3) is 0.784. The summed E-state index contributed by atoms with van der Waals surface area (Å²) in [7, 11) is 1.67. The van der Waals surface area contributed by atoms with E-state index in [2.05, 4.69) is 48.9 Å². The number of likely N-dealkylation sites (N-methyl/N-ethyl adjacent to an activating group) is 1. The van der Waals surface area contributed by atoms with Crippen molar-refractivity contribution in [3.63, 3.8) is 0 Å². The number of rotatable bonds is 11. The van der Waals surface area contributed by atoms with Crippen molar-refractivity contribution < 1.29 is 38.9 Å². The Bertz CT molecular complexity index is 1360. The van der Waals surface area contributed by atoms with E-state index < -0.39 is 41.5 Å². The zero-order valence-electron chi connectivity index (χ0n) is 30.0. The van der Waals surface area contributed by atoms with E-state index in [1.807, 2.05) is 13.8 Å². The fourth-order valence-electron chi connectivity index (χ4n) is 10.8. The lowest BCUT2D eigenvalue weighted by atomic mass is 9.36. The lowest BCUT2D eigenvalue weighted by Gasteiger charge is -2.69. The molecule has 0 aromatic heterocycles. The number of aliphatic hydroxyl groups is 1. The zero-order chi connectivity index (χ0) is 35.9. The second-order valence-electron chi connectivity index (χ2n) is 16.0. The lowest BCUT2D eigenvalue weighted by Crippen LogP contribution is -2.65. The molecule has 4 aliphatic carbocycles. The highest BCUT2D eigenvalue weighted by atomic mass is 79.9. The van der Waals surface area contributed by atoms with Crippen LogP contribution in [-0.4, -0.2) is 65.4 Å². The Hall–Kier alpha value is -2.24. The molecule has 48 heavy (non-hydrogen) atoms. The number of carbonyl (C=O) groups is 4. The monoisotopic (exact) mass is 736 g/mol. The third kappa shape index (κ3) is 6.89. The molecule has 0 aromatic carbocycles. The molecule has 5 N–H and O–H groups in total. The molecule has 11 atom stereocenters. The van der Waals surface area contributed by atoms with Gasteiger partial charge in [0.15, 0.2) is 0 Å². The maximum Gasteiger partial charge on any atom is 0.331 e. The van der Waals surface area contributed by atoms with Gasteiger partial charge in [-0.3, -0.25) is 14.4 Å². The van der Waals surface area contributed by atoms with Gasteiger partial charge in [0.25, 0.3) is 0 Å². The van der Waals surface area contributed by atoms with E-state index >= 15 is 0 Å². The fourth-order valence-corrected chi connectivity index (χ4v) is 11.0. The molecule has 0 bridgehead atoms. The summed E-state index contributed by atoms with van der Waals surface area (Å²) in [5.74, 6) is -2.34. The highest BCUT2D eigenvalue weighted by Crippen LogP contribution is 2.74. The number of hydrogen-bond donors (Lipinski definition) is 4. The van der Waals surface area contributed by atoms with Crippen molar-refractivity contribution in [2.75, 3.05) is 7.05 Å². The van der Waals surface area contributed by atoms with E-state index in [4.69, 9.17) is 15.2 Å². The summed E-state index contributed by atoms with van der Waals surface area (Å²) >= 11 is 3.60. The number of allylic oxidation sites excluding steroid dienone is 2. The van der Waals surface area contributed by atoms with Crippen LogP contribution in [0.4, 0.5) is 0 Å². The maximum atomic E-state index is 13.1. The molecule has 4 rings (SSSR count). The van der Waals surface area contributed by atoms with Crippen LogP contribution < -0.4 is 11.1 Å². The summed E-state index contributed by atoms with van der Waals surface area (Å²) in [5, 5.41) is 25.7. The number of halogens is 1. The van der Waals surface area contributed by atoms with Crippen molar-refractivity contribution in [2.24, 2.45) is 45.7 Å². The molecule has 1 unspecified atom stereocenters. The van der Waals surface area contributed by atoms with Gasteiger partial charge in [-0.25, -0.2) is 4.79 Å². The second kappa shape index (κ2) is 14.5. The van der Waals surface area contributed by atoms with E-state index in [1.54, 1.807) is 7.05 Å². The molecule has 4 fully saturated rings. The molecule has 0 heterocycles. The Balaban J connectivity index is 1.67. The summed E-state index contributed by atoms with van der Waals surface area (Å²) in [6, 6.07) is -0.613. The molecule has 0 radical (unpaired) electrons. The van der Waals surface area contributed by atoms with E-state index in [0.717, 1.165) is 29.3 Å². The molecule has 0 aromatic rings. The number of esters is 2. The Kier molecular flexibility index (Phi) is 11.7. The number of nitrogens with one attached hydrogen (secondary N) is 1. The smallest absolute Gasteiger partial charge is 0.331 e. The highest BCUT2D eigenvalue weighted by molar-refractivity contribution is 9.11. The SMILES string of the molecule is CN[C@H](CCC(N)=O)C(=O)O[C@@H]1CC[C@@]2(C)C(CC[C@@]3(C)[C@@H]2[C@H](O)C[C@@H]2C(=C(CCC(Br)=C(C)C)C(=O)O)[C@@H](OC(C)=O)C[C@@]23C)[C@@H]1C. The number of fused-ring (bicyclic) bond motifs is 5. The number of aliphatic carboxylic acids is 1.